The van der Waals surface area contributed by atoms with Crippen LogP contribution in [0.2, 0.25) is 0 Å². The van der Waals surface area contributed by atoms with Crippen LogP contribution in [-0.4, -0.2) is 56.2 Å². The van der Waals surface area contributed by atoms with Gasteiger partial charge in [-0.1, -0.05) is 0 Å². The first-order chi connectivity index (χ1) is 13.1. The molecule has 1 aliphatic heterocycles. The van der Waals surface area contributed by atoms with E-state index >= 15 is 0 Å². The van der Waals surface area contributed by atoms with Crippen molar-refractivity contribution in [1.82, 2.24) is 25.2 Å². The van der Waals surface area contributed by atoms with Gasteiger partial charge in [-0.2, -0.15) is 9.97 Å². The van der Waals surface area contributed by atoms with Gasteiger partial charge in [-0.25, -0.2) is 0 Å². The molecule has 2 fully saturated rings. The van der Waals surface area contributed by atoms with Crippen molar-refractivity contribution in [2.24, 2.45) is 5.92 Å². The largest absolute Gasteiger partial charge is 0.493 e. The van der Waals surface area contributed by atoms with Crippen molar-refractivity contribution in [1.29, 1.82) is 5.41 Å². The SMILES string of the molecule is N=C/C(=C\N[C@H]1CCN(C(=O)C2CC2)C1)Oc1nc(O)c2ccncc2n1. The molecular weight excluding hydrogens is 348 g/mol. The van der Waals surface area contributed by atoms with Gasteiger partial charge < -0.3 is 25.5 Å². The normalized spacial score (nSPS) is 19.9. The molecule has 2 aliphatic rings. The topological polar surface area (TPSA) is 124 Å². The summed E-state index contributed by atoms with van der Waals surface area (Å²) >= 11 is 0. The van der Waals surface area contributed by atoms with E-state index in [1.54, 1.807) is 12.3 Å². The predicted octanol–water partition coefficient (Wildman–Crippen LogP) is 1.20. The van der Waals surface area contributed by atoms with Gasteiger partial charge in [0.05, 0.1) is 23.3 Å². The summed E-state index contributed by atoms with van der Waals surface area (Å²) in [6.45, 7) is 1.40. The number of pyridine rings is 1. The van der Waals surface area contributed by atoms with Crippen molar-refractivity contribution < 1.29 is 14.6 Å². The van der Waals surface area contributed by atoms with E-state index < -0.39 is 0 Å². The van der Waals surface area contributed by atoms with Crippen LogP contribution in [0.25, 0.3) is 10.9 Å². The second-order valence-corrected chi connectivity index (χ2v) is 6.73. The maximum atomic E-state index is 12.1. The lowest BCUT2D eigenvalue weighted by atomic mass is 10.3. The van der Waals surface area contributed by atoms with E-state index in [-0.39, 0.29) is 35.5 Å². The Hall–Kier alpha value is -3.23. The molecule has 4 rings (SSSR count). The van der Waals surface area contributed by atoms with Crippen LogP contribution in [0.5, 0.6) is 11.9 Å². The third-order valence-corrected chi connectivity index (χ3v) is 4.70. The van der Waals surface area contributed by atoms with Crippen LogP contribution < -0.4 is 10.1 Å². The Labute approximate surface area is 155 Å². The molecule has 140 valence electrons. The minimum atomic E-state index is -0.209. The number of nitrogens with one attached hydrogen (secondary N) is 2. The molecule has 2 aromatic rings. The Bertz CT molecular complexity index is 911. The third-order valence-electron chi connectivity index (χ3n) is 4.70. The summed E-state index contributed by atoms with van der Waals surface area (Å²) in [5.74, 6) is 0.469. The molecule has 1 amide bonds. The molecule has 9 nitrogen and oxygen atoms in total. The number of hydrogen-bond acceptors (Lipinski definition) is 8. The Morgan fingerprint density at radius 1 is 1.37 bits per heavy atom. The first-order valence-electron chi connectivity index (χ1n) is 8.88. The molecule has 3 heterocycles. The maximum Gasteiger partial charge on any atom is 0.326 e. The zero-order valence-electron chi connectivity index (χ0n) is 14.6. The number of nitrogens with zero attached hydrogens (tertiary/aromatic N) is 4. The van der Waals surface area contributed by atoms with Gasteiger partial charge >= 0.3 is 6.01 Å². The number of likely N-dealkylation sites (tertiary alicyclic amines) is 1. The van der Waals surface area contributed by atoms with Crippen LogP contribution in [0.15, 0.2) is 30.4 Å². The van der Waals surface area contributed by atoms with Crippen molar-refractivity contribution in [2.75, 3.05) is 13.1 Å². The van der Waals surface area contributed by atoms with E-state index in [9.17, 15) is 9.90 Å². The minimum absolute atomic E-state index is 0.0680. The summed E-state index contributed by atoms with van der Waals surface area (Å²) in [4.78, 5) is 26.0. The molecule has 0 unspecified atom stereocenters. The highest BCUT2D eigenvalue weighted by Crippen LogP contribution is 2.32. The van der Waals surface area contributed by atoms with Crippen LogP contribution >= 0.6 is 0 Å². The summed E-state index contributed by atoms with van der Waals surface area (Å²) in [6, 6.07) is 1.65. The van der Waals surface area contributed by atoms with Crippen molar-refractivity contribution in [3.63, 3.8) is 0 Å². The summed E-state index contributed by atoms with van der Waals surface area (Å²) < 4.78 is 5.50. The van der Waals surface area contributed by atoms with E-state index in [0.717, 1.165) is 32.0 Å². The summed E-state index contributed by atoms with van der Waals surface area (Å²) in [6.07, 6.45) is 8.50. The number of amides is 1. The van der Waals surface area contributed by atoms with E-state index in [0.29, 0.717) is 17.4 Å². The lowest BCUT2D eigenvalue weighted by Gasteiger charge is -2.16. The molecule has 1 aliphatic carbocycles. The number of carbonyl (C=O) groups excluding carboxylic acids is 1. The quantitative estimate of drug-likeness (QED) is 0.517. The zero-order chi connectivity index (χ0) is 18.8. The van der Waals surface area contributed by atoms with Crippen LogP contribution in [0, 0.1) is 11.3 Å². The summed E-state index contributed by atoms with van der Waals surface area (Å²) in [5.41, 5.74) is 0.447. The molecule has 0 aromatic carbocycles. The third kappa shape index (κ3) is 3.81. The molecule has 9 heteroatoms. The first kappa shape index (κ1) is 17.2. The molecule has 0 radical (unpaired) electrons. The molecule has 1 saturated carbocycles. The predicted molar refractivity (Wildman–Crippen MR) is 97.3 cm³/mol. The lowest BCUT2D eigenvalue weighted by molar-refractivity contribution is -0.131. The van der Waals surface area contributed by atoms with E-state index in [1.165, 1.54) is 12.4 Å². The van der Waals surface area contributed by atoms with Crippen molar-refractivity contribution in [2.45, 2.75) is 25.3 Å². The molecule has 0 spiro atoms. The minimum Gasteiger partial charge on any atom is -0.493 e. The number of rotatable bonds is 6. The Balaban J connectivity index is 1.40. The Morgan fingerprint density at radius 3 is 3.00 bits per heavy atom. The zero-order valence-corrected chi connectivity index (χ0v) is 14.6. The van der Waals surface area contributed by atoms with Gasteiger partial charge in [0, 0.05) is 37.4 Å². The maximum absolute atomic E-state index is 12.1. The van der Waals surface area contributed by atoms with Gasteiger partial charge in [-0.3, -0.25) is 9.78 Å². The standard InChI is InChI=1S/C18H20N6O3/c19-7-13(8-21-12-4-6-24(10-12)17(26)11-1-2-11)27-18-22-15-9-20-5-3-14(15)16(25)23-18/h3,5,7-9,11-12,19,21H,1-2,4,6,10H2,(H,22,23,25)/b13-8+,19-7?/t12-/m0/s1. The average molecular weight is 368 g/mol. The number of hydrogen-bond donors (Lipinski definition) is 3. The highest BCUT2D eigenvalue weighted by Gasteiger charge is 2.36. The van der Waals surface area contributed by atoms with Gasteiger partial charge in [0.25, 0.3) is 0 Å². The highest BCUT2D eigenvalue weighted by atomic mass is 16.5. The molecule has 0 bridgehead atoms. The Kier molecular flexibility index (Phi) is 4.57. The lowest BCUT2D eigenvalue weighted by Crippen LogP contribution is -2.34. The Morgan fingerprint density at radius 2 is 2.22 bits per heavy atom. The van der Waals surface area contributed by atoms with Crippen LogP contribution in [0.4, 0.5) is 0 Å². The second-order valence-electron chi connectivity index (χ2n) is 6.73. The monoisotopic (exact) mass is 368 g/mol. The highest BCUT2D eigenvalue weighted by molar-refractivity contribution is 5.82. The van der Waals surface area contributed by atoms with Gasteiger partial charge in [-0.15, -0.1) is 0 Å². The van der Waals surface area contributed by atoms with Crippen LogP contribution in [0.3, 0.4) is 0 Å². The van der Waals surface area contributed by atoms with Gasteiger partial charge in [0.15, 0.2) is 5.76 Å². The van der Waals surface area contributed by atoms with Crippen LogP contribution in [-0.2, 0) is 4.79 Å². The average Bonchev–Trinajstić information content (AvgIpc) is 3.42. The second kappa shape index (κ2) is 7.18. The number of ether oxygens (including phenoxy) is 1. The number of aromatic nitrogens is 3. The van der Waals surface area contributed by atoms with Crippen molar-refractivity contribution in [3.05, 3.63) is 30.4 Å². The summed E-state index contributed by atoms with van der Waals surface area (Å²) in [5, 5.41) is 21.2. The van der Waals surface area contributed by atoms with Gasteiger partial charge in [0.1, 0.15) is 0 Å². The smallest absolute Gasteiger partial charge is 0.326 e. The van der Waals surface area contributed by atoms with E-state index in [2.05, 4.69) is 20.3 Å². The molecule has 1 saturated heterocycles. The molecule has 3 N–H and O–H groups in total. The van der Waals surface area contributed by atoms with Crippen molar-refractivity contribution in [3.8, 4) is 11.9 Å². The fraction of sp³-hybridized carbons (Fsp3) is 0.389. The van der Waals surface area contributed by atoms with Gasteiger partial charge in [0.2, 0.25) is 11.8 Å². The molecule has 27 heavy (non-hydrogen) atoms. The van der Waals surface area contributed by atoms with E-state index in [1.807, 2.05) is 4.90 Å². The molecule has 2 aromatic heterocycles. The fourth-order valence-corrected chi connectivity index (χ4v) is 3.08. The summed E-state index contributed by atoms with van der Waals surface area (Å²) in [7, 11) is 0. The van der Waals surface area contributed by atoms with Crippen LogP contribution in [0.1, 0.15) is 19.3 Å². The fourth-order valence-electron chi connectivity index (χ4n) is 3.08. The number of allylic oxidation sites excluding steroid dienone is 1. The molecule has 1 atom stereocenters. The first-order valence-corrected chi connectivity index (χ1v) is 8.88. The van der Waals surface area contributed by atoms with E-state index in [4.69, 9.17) is 10.1 Å². The number of aromatic hydroxyl groups is 1. The number of carbonyl (C=O) groups is 1. The number of fused-ring (bicyclic) bond motifs is 1. The molecular formula is C18H20N6O3. The van der Waals surface area contributed by atoms with Gasteiger partial charge in [-0.05, 0) is 25.3 Å². The van der Waals surface area contributed by atoms with Crippen molar-refractivity contribution >= 4 is 23.0 Å².